The Morgan fingerprint density at radius 1 is 1.53 bits per heavy atom. The third-order valence-electron chi connectivity index (χ3n) is 2.59. The Morgan fingerprint density at radius 2 is 2.26 bits per heavy atom. The van der Waals surface area contributed by atoms with Gasteiger partial charge in [-0.15, -0.1) is 0 Å². The Hall–Kier alpha value is -1.82. The number of anilines is 2. The first-order valence-corrected chi connectivity index (χ1v) is 6.22. The SMILES string of the molecule is CCOC(=O)c1cc(N)cnc1N(C)CCCOC. The van der Waals surface area contributed by atoms with E-state index in [-0.39, 0.29) is 0 Å². The van der Waals surface area contributed by atoms with E-state index in [1.165, 1.54) is 6.20 Å². The molecule has 0 unspecified atom stereocenters. The molecular weight excluding hydrogens is 246 g/mol. The van der Waals surface area contributed by atoms with Gasteiger partial charge in [0.2, 0.25) is 0 Å². The second-order valence-electron chi connectivity index (χ2n) is 4.13. The molecule has 1 heterocycles. The third kappa shape index (κ3) is 4.40. The topological polar surface area (TPSA) is 77.7 Å². The summed E-state index contributed by atoms with van der Waals surface area (Å²) in [4.78, 5) is 18.0. The van der Waals surface area contributed by atoms with Crippen molar-refractivity contribution in [3.05, 3.63) is 17.8 Å². The fourth-order valence-corrected chi connectivity index (χ4v) is 1.69. The van der Waals surface area contributed by atoms with Crippen LogP contribution in [0.3, 0.4) is 0 Å². The number of pyridine rings is 1. The van der Waals surface area contributed by atoms with Gasteiger partial charge in [-0.2, -0.15) is 0 Å². The number of carbonyl (C=O) groups excluding carboxylic acids is 1. The molecule has 1 rings (SSSR count). The zero-order valence-corrected chi connectivity index (χ0v) is 11.7. The maximum absolute atomic E-state index is 11.9. The molecule has 1 aromatic heterocycles. The van der Waals surface area contributed by atoms with Crippen LogP contribution < -0.4 is 10.6 Å². The number of methoxy groups -OCH3 is 1. The van der Waals surface area contributed by atoms with E-state index in [9.17, 15) is 4.79 Å². The summed E-state index contributed by atoms with van der Waals surface area (Å²) in [7, 11) is 3.53. The number of hydrogen-bond donors (Lipinski definition) is 1. The molecule has 6 nitrogen and oxygen atoms in total. The zero-order chi connectivity index (χ0) is 14.3. The van der Waals surface area contributed by atoms with Gasteiger partial charge in [0.05, 0.1) is 18.5 Å². The van der Waals surface area contributed by atoms with Gasteiger partial charge in [-0.1, -0.05) is 0 Å². The number of nitrogens with two attached hydrogens (primary N) is 1. The summed E-state index contributed by atoms with van der Waals surface area (Å²) in [6.45, 7) is 3.48. The Balaban J connectivity index is 2.89. The summed E-state index contributed by atoms with van der Waals surface area (Å²) in [5.41, 5.74) is 6.51. The molecule has 19 heavy (non-hydrogen) atoms. The van der Waals surface area contributed by atoms with Crippen LogP contribution in [-0.2, 0) is 9.47 Å². The van der Waals surface area contributed by atoms with Crippen molar-refractivity contribution in [1.82, 2.24) is 4.98 Å². The Bertz CT molecular complexity index is 424. The number of aromatic nitrogens is 1. The first kappa shape index (κ1) is 15.2. The van der Waals surface area contributed by atoms with Gasteiger partial charge in [0, 0.05) is 27.3 Å². The fraction of sp³-hybridized carbons (Fsp3) is 0.538. The van der Waals surface area contributed by atoms with Gasteiger partial charge in [-0.3, -0.25) is 0 Å². The number of nitrogens with zero attached hydrogens (tertiary/aromatic N) is 2. The average Bonchev–Trinajstić information content (AvgIpc) is 2.39. The van der Waals surface area contributed by atoms with Crippen molar-refractivity contribution in [2.45, 2.75) is 13.3 Å². The van der Waals surface area contributed by atoms with Crippen molar-refractivity contribution in [1.29, 1.82) is 0 Å². The standard InChI is InChI=1S/C13H21N3O3/c1-4-19-13(17)11-8-10(14)9-15-12(11)16(2)6-5-7-18-3/h8-9H,4-7,14H2,1-3H3. The summed E-state index contributed by atoms with van der Waals surface area (Å²) < 4.78 is 10.0. The molecule has 0 aromatic carbocycles. The first-order chi connectivity index (χ1) is 9.10. The van der Waals surface area contributed by atoms with Crippen molar-refractivity contribution < 1.29 is 14.3 Å². The van der Waals surface area contributed by atoms with Crippen LogP contribution in [0.2, 0.25) is 0 Å². The highest BCUT2D eigenvalue weighted by Crippen LogP contribution is 2.20. The van der Waals surface area contributed by atoms with Crippen LogP contribution in [0.15, 0.2) is 12.3 Å². The van der Waals surface area contributed by atoms with Gasteiger partial charge in [-0.05, 0) is 19.4 Å². The Morgan fingerprint density at radius 3 is 2.89 bits per heavy atom. The van der Waals surface area contributed by atoms with E-state index < -0.39 is 5.97 Å². The smallest absolute Gasteiger partial charge is 0.341 e. The quantitative estimate of drug-likeness (QED) is 0.593. The van der Waals surface area contributed by atoms with Crippen LogP contribution in [-0.4, -0.2) is 44.9 Å². The van der Waals surface area contributed by atoms with E-state index in [0.29, 0.717) is 30.3 Å². The minimum atomic E-state index is -0.407. The van der Waals surface area contributed by atoms with Crippen molar-refractivity contribution in [3.8, 4) is 0 Å². The lowest BCUT2D eigenvalue weighted by molar-refractivity contribution is 0.0526. The predicted molar refractivity (Wildman–Crippen MR) is 74.4 cm³/mol. The second-order valence-corrected chi connectivity index (χ2v) is 4.13. The summed E-state index contributed by atoms with van der Waals surface area (Å²) in [5.74, 6) is 0.166. The van der Waals surface area contributed by atoms with Gasteiger partial charge in [0.25, 0.3) is 0 Å². The van der Waals surface area contributed by atoms with Crippen molar-refractivity contribution in [3.63, 3.8) is 0 Å². The van der Waals surface area contributed by atoms with Crippen LogP contribution >= 0.6 is 0 Å². The van der Waals surface area contributed by atoms with Gasteiger partial charge < -0.3 is 20.1 Å². The highest BCUT2D eigenvalue weighted by atomic mass is 16.5. The first-order valence-electron chi connectivity index (χ1n) is 6.22. The number of rotatable bonds is 7. The van der Waals surface area contributed by atoms with Crippen LogP contribution in [0, 0.1) is 0 Å². The number of ether oxygens (including phenoxy) is 2. The highest BCUT2D eigenvalue weighted by molar-refractivity contribution is 5.95. The van der Waals surface area contributed by atoms with E-state index in [1.807, 2.05) is 11.9 Å². The molecule has 0 saturated carbocycles. The Kier molecular flexibility index (Phi) is 6.08. The lowest BCUT2D eigenvalue weighted by atomic mass is 10.2. The van der Waals surface area contributed by atoms with E-state index in [4.69, 9.17) is 15.2 Å². The third-order valence-corrected chi connectivity index (χ3v) is 2.59. The fourth-order valence-electron chi connectivity index (χ4n) is 1.69. The Labute approximate surface area is 113 Å². The minimum absolute atomic E-state index is 0.320. The molecule has 0 amide bonds. The molecule has 2 N–H and O–H groups in total. The van der Waals surface area contributed by atoms with E-state index in [1.54, 1.807) is 20.1 Å². The maximum atomic E-state index is 11.9. The number of hydrogen-bond acceptors (Lipinski definition) is 6. The second kappa shape index (κ2) is 7.58. The van der Waals surface area contributed by atoms with Crippen LogP contribution in [0.5, 0.6) is 0 Å². The molecule has 106 valence electrons. The van der Waals surface area contributed by atoms with Gasteiger partial charge in [0.15, 0.2) is 0 Å². The van der Waals surface area contributed by atoms with Gasteiger partial charge >= 0.3 is 5.97 Å². The molecule has 0 saturated heterocycles. The van der Waals surface area contributed by atoms with E-state index in [0.717, 1.165) is 13.0 Å². The van der Waals surface area contributed by atoms with Crippen LogP contribution in [0.25, 0.3) is 0 Å². The molecule has 0 bridgehead atoms. The normalized spacial score (nSPS) is 10.3. The monoisotopic (exact) mass is 267 g/mol. The molecule has 0 aliphatic carbocycles. The highest BCUT2D eigenvalue weighted by Gasteiger charge is 2.17. The summed E-state index contributed by atoms with van der Waals surface area (Å²) in [6, 6.07) is 1.59. The minimum Gasteiger partial charge on any atom is -0.462 e. The molecule has 6 heteroatoms. The molecule has 0 aliphatic rings. The van der Waals surface area contributed by atoms with Crippen molar-refractivity contribution >= 4 is 17.5 Å². The van der Waals surface area contributed by atoms with E-state index in [2.05, 4.69) is 4.98 Å². The number of nitrogen functional groups attached to an aromatic ring is 1. The number of carbonyl (C=O) groups is 1. The van der Waals surface area contributed by atoms with Gasteiger partial charge in [-0.25, -0.2) is 9.78 Å². The predicted octanol–water partition coefficient (Wildman–Crippen LogP) is 1.31. The average molecular weight is 267 g/mol. The van der Waals surface area contributed by atoms with Crippen LogP contribution in [0.4, 0.5) is 11.5 Å². The molecule has 1 aromatic rings. The largest absolute Gasteiger partial charge is 0.462 e. The van der Waals surface area contributed by atoms with Crippen molar-refractivity contribution in [2.75, 3.05) is 44.5 Å². The number of esters is 1. The van der Waals surface area contributed by atoms with Gasteiger partial charge in [0.1, 0.15) is 11.4 Å². The molecule has 0 spiro atoms. The maximum Gasteiger partial charge on any atom is 0.341 e. The lowest BCUT2D eigenvalue weighted by Crippen LogP contribution is -2.24. The zero-order valence-electron chi connectivity index (χ0n) is 11.7. The van der Waals surface area contributed by atoms with Crippen LogP contribution in [0.1, 0.15) is 23.7 Å². The summed E-state index contributed by atoms with van der Waals surface area (Å²) >= 11 is 0. The molecule has 0 atom stereocenters. The molecule has 0 radical (unpaired) electrons. The molecular formula is C13H21N3O3. The van der Waals surface area contributed by atoms with Crippen molar-refractivity contribution in [2.24, 2.45) is 0 Å². The molecule has 0 aliphatic heterocycles. The van der Waals surface area contributed by atoms with E-state index >= 15 is 0 Å². The lowest BCUT2D eigenvalue weighted by Gasteiger charge is -2.20. The summed E-state index contributed by atoms with van der Waals surface area (Å²) in [5, 5.41) is 0. The molecule has 0 fully saturated rings. The summed E-state index contributed by atoms with van der Waals surface area (Å²) in [6.07, 6.45) is 2.38.